The predicted molar refractivity (Wildman–Crippen MR) is 112 cm³/mol. The van der Waals surface area contributed by atoms with E-state index in [0.717, 1.165) is 11.3 Å². The number of thioether (sulfide) groups is 1. The maximum Gasteiger partial charge on any atom is 0.231 e. The Hall–Kier alpha value is -2.51. The molecule has 3 rings (SSSR count). The molecule has 1 unspecified atom stereocenters. The molecule has 0 spiro atoms. The number of hydrogen-bond acceptors (Lipinski definition) is 5. The molecule has 1 aliphatic rings. The summed E-state index contributed by atoms with van der Waals surface area (Å²) in [6, 6.07) is 14.7. The van der Waals surface area contributed by atoms with Gasteiger partial charge in [-0.15, -0.1) is 0 Å². The SMILES string of the molecule is COc1ccc(CCN2C(=O)CC(C(N)=O)SC2=Nc2cccc(Cl)c2)cc1. The number of amides is 2. The van der Waals surface area contributed by atoms with E-state index < -0.39 is 11.2 Å². The molecule has 28 heavy (non-hydrogen) atoms. The van der Waals surface area contributed by atoms with E-state index in [1.54, 1.807) is 36.3 Å². The number of nitrogens with zero attached hydrogens (tertiary/aromatic N) is 2. The molecule has 0 saturated carbocycles. The highest BCUT2D eigenvalue weighted by atomic mass is 35.5. The van der Waals surface area contributed by atoms with E-state index in [0.29, 0.717) is 28.8 Å². The van der Waals surface area contributed by atoms with Crippen LogP contribution in [0.3, 0.4) is 0 Å². The second kappa shape index (κ2) is 9.12. The minimum atomic E-state index is -0.623. The van der Waals surface area contributed by atoms with Crippen molar-refractivity contribution in [1.29, 1.82) is 0 Å². The minimum Gasteiger partial charge on any atom is -0.497 e. The fourth-order valence-electron chi connectivity index (χ4n) is 2.76. The first-order valence-corrected chi connectivity index (χ1v) is 9.95. The van der Waals surface area contributed by atoms with Crippen molar-refractivity contribution in [1.82, 2.24) is 4.90 Å². The van der Waals surface area contributed by atoms with Gasteiger partial charge in [-0.1, -0.05) is 41.6 Å². The second-order valence-corrected chi connectivity index (χ2v) is 7.84. The Balaban J connectivity index is 1.82. The number of amidine groups is 1. The van der Waals surface area contributed by atoms with Gasteiger partial charge in [0.25, 0.3) is 0 Å². The zero-order valence-corrected chi connectivity index (χ0v) is 16.9. The van der Waals surface area contributed by atoms with Crippen molar-refractivity contribution in [3.05, 3.63) is 59.1 Å². The van der Waals surface area contributed by atoms with Crippen LogP contribution in [0.5, 0.6) is 5.75 Å². The van der Waals surface area contributed by atoms with Gasteiger partial charge in [-0.2, -0.15) is 0 Å². The summed E-state index contributed by atoms with van der Waals surface area (Å²) in [4.78, 5) is 30.5. The largest absolute Gasteiger partial charge is 0.497 e. The Morgan fingerprint density at radius 1 is 1.32 bits per heavy atom. The van der Waals surface area contributed by atoms with Gasteiger partial charge >= 0.3 is 0 Å². The third-order valence-corrected chi connectivity index (χ3v) is 5.71. The van der Waals surface area contributed by atoms with Crippen LogP contribution >= 0.6 is 23.4 Å². The number of primary amides is 1. The lowest BCUT2D eigenvalue weighted by Crippen LogP contribution is -2.46. The van der Waals surface area contributed by atoms with E-state index in [1.165, 1.54) is 11.8 Å². The Bertz CT molecular complexity index is 902. The van der Waals surface area contributed by atoms with E-state index in [-0.39, 0.29) is 12.3 Å². The number of carbonyl (C=O) groups is 2. The molecule has 2 aromatic carbocycles. The van der Waals surface area contributed by atoms with Gasteiger partial charge in [-0.25, -0.2) is 4.99 Å². The fourth-order valence-corrected chi connectivity index (χ4v) is 4.02. The molecule has 1 atom stereocenters. The van der Waals surface area contributed by atoms with Gasteiger partial charge in [0.05, 0.1) is 18.0 Å². The van der Waals surface area contributed by atoms with Crippen LogP contribution in [0, 0.1) is 0 Å². The predicted octanol–water partition coefficient (Wildman–Crippen LogP) is 3.40. The number of halogens is 1. The van der Waals surface area contributed by atoms with Crippen LogP contribution in [0.1, 0.15) is 12.0 Å². The second-order valence-electron chi connectivity index (χ2n) is 6.23. The highest BCUT2D eigenvalue weighted by molar-refractivity contribution is 8.15. The molecule has 0 bridgehead atoms. The molecule has 1 fully saturated rings. The van der Waals surface area contributed by atoms with E-state index in [9.17, 15) is 9.59 Å². The van der Waals surface area contributed by atoms with Crippen LogP contribution in [-0.2, 0) is 16.0 Å². The maximum atomic E-state index is 12.7. The molecule has 0 radical (unpaired) electrons. The van der Waals surface area contributed by atoms with Gasteiger partial charge in [0.15, 0.2) is 5.17 Å². The number of aliphatic imine (C=N–C) groups is 1. The third kappa shape index (κ3) is 5.05. The normalized spacial score (nSPS) is 18.4. The molecule has 1 aliphatic heterocycles. The summed E-state index contributed by atoms with van der Waals surface area (Å²) in [5.41, 5.74) is 7.11. The lowest BCUT2D eigenvalue weighted by Gasteiger charge is -2.31. The Kier molecular flexibility index (Phi) is 6.59. The summed E-state index contributed by atoms with van der Waals surface area (Å²) < 4.78 is 5.17. The summed E-state index contributed by atoms with van der Waals surface area (Å²) in [6.45, 7) is 0.447. The topological polar surface area (TPSA) is 85.0 Å². The number of benzene rings is 2. The van der Waals surface area contributed by atoms with Crippen molar-refractivity contribution in [2.24, 2.45) is 10.7 Å². The summed E-state index contributed by atoms with van der Waals surface area (Å²) in [5, 5.41) is 0.378. The van der Waals surface area contributed by atoms with Crippen LogP contribution in [0.15, 0.2) is 53.5 Å². The fraction of sp³-hybridized carbons (Fsp3) is 0.250. The molecule has 0 aliphatic carbocycles. The van der Waals surface area contributed by atoms with Crippen molar-refractivity contribution in [2.45, 2.75) is 18.1 Å². The molecule has 2 aromatic rings. The van der Waals surface area contributed by atoms with Crippen LogP contribution in [0.2, 0.25) is 5.02 Å². The van der Waals surface area contributed by atoms with Crippen molar-refractivity contribution in [3.8, 4) is 5.75 Å². The standard InChI is InChI=1S/C20H20ClN3O3S/c1-27-16-7-5-13(6-8-16)9-10-24-18(25)12-17(19(22)26)28-20(24)23-15-4-2-3-14(21)11-15/h2-8,11,17H,9-10,12H2,1H3,(H2,22,26). The van der Waals surface area contributed by atoms with Crippen molar-refractivity contribution in [3.63, 3.8) is 0 Å². The molecular formula is C20H20ClN3O3S. The van der Waals surface area contributed by atoms with Crippen LogP contribution in [0.4, 0.5) is 5.69 Å². The van der Waals surface area contributed by atoms with E-state index in [4.69, 9.17) is 22.1 Å². The Labute approximate surface area is 172 Å². The number of nitrogens with two attached hydrogens (primary N) is 1. The van der Waals surface area contributed by atoms with E-state index in [1.807, 2.05) is 24.3 Å². The summed E-state index contributed by atoms with van der Waals surface area (Å²) in [5.74, 6) is 0.0876. The average Bonchev–Trinajstić information content (AvgIpc) is 2.67. The van der Waals surface area contributed by atoms with Gasteiger partial charge in [0, 0.05) is 18.0 Å². The molecule has 1 saturated heterocycles. The lowest BCUT2D eigenvalue weighted by atomic mass is 10.1. The van der Waals surface area contributed by atoms with Crippen molar-refractivity contribution >= 4 is 46.0 Å². The quantitative estimate of drug-likeness (QED) is 0.780. The highest BCUT2D eigenvalue weighted by Crippen LogP contribution is 2.29. The van der Waals surface area contributed by atoms with E-state index >= 15 is 0 Å². The van der Waals surface area contributed by atoms with Gasteiger partial charge in [0.2, 0.25) is 11.8 Å². The number of hydrogen-bond donors (Lipinski definition) is 1. The number of rotatable bonds is 6. The van der Waals surface area contributed by atoms with Crippen molar-refractivity contribution in [2.75, 3.05) is 13.7 Å². The molecule has 0 aromatic heterocycles. The molecule has 2 N–H and O–H groups in total. The number of methoxy groups -OCH3 is 1. The van der Waals surface area contributed by atoms with Gasteiger partial charge in [0.1, 0.15) is 5.75 Å². The van der Waals surface area contributed by atoms with Crippen LogP contribution < -0.4 is 10.5 Å². The molecule has 6 nitrogen and oxygen atoms in total. The number of ether oxygens (including phenoxy) is 1. The monoisotopic (exact) mass is 417 g/mol. The van der Waals surface area contributed by atoms with Gasteiger partial charge in [-0.3, -0.25) is 14.5 Å². The molecule has 8 heteroatoms. The molecular weight excluding hydrogens is 398 g/mol. The lowest BCUT2D eigenvalue weighted by molar-refractivity contribution is -0.129. The first kappa shape index (κ1) is 20.2. The Morgan fingerprint density at radius 3 is 2.71 bits per heavy atom. The van der Waals surface area contributed by atoms with Crippen LogP contribution in [0.25, 0.3) is 0 Å². The minimum absolute atomic E-state index is 0.0666. The molecule has 1 heterocycles. The average molecular weight is 418 g/mol. The van der Waals surface area contributed by atoms with Gasteiger partial charge in [-0.05, 0) is 42.3 Å². The summed E-state index contributed by atoms with van der Waals surface area (Å²) in [6.07, 6.45) is 0.712. The highest BCUT2D eigenvalue weighted by Gasteiger charge is 2.34. The third-order valence-electron chi connectivity index (χ3n) is 4.27. The molecule has 2 amide bonds. The number of carbonyl (C=O) groups excluding carboxylic acids is 2. The first-order chi connectivity index (χ1) is 13.5. The van der Waals surface area contributed by atoms with Crippen molar-refractivity contribution < 1.29 is 14.3 Å². The summed E-state index contributed by atoms with van der Waals surface area (Å²) >= 11 is 7.24. The first-order valence-electron chi connectivity index (χ1n) is 8.70. The Morgan fingerprint density at radius 2 is 2.07 bits per heavy atom. The molecule has 146 valence electrons. The van der Waals surface area contributed by atoms with E-state index in [2.05, 4.69) is 4.99 Å². The summed E-state index contributed by atoms with van der Waals surface area (Å²) in [7, 11) is 1.62. The van der Waals surface area contributed by atoms with Crippen LogP contribution in [-0.4, -0.2) is 40.8 Å². The zero-order chi connectivity index (χ0) is 20.1. The zero-order valence-electron chi connectivity index (χ0n) is 15.3. The smallest absolute Gasteiger partial charge is 0.231 e. The van der Waals surface area contributed by atoms with Gasteiger partial charge < -0.3 is 10.5 Å². The maximum absolute atomic E-state index is 12.7.